The summed E-state index contributed by atoms with van der Waals surface area (Å²) >= 11 is 3.36. The molecule has 198 valence electrons. The molecule has 10 heteroatoms. The van der Waals surface area contributed by atoms with Gasteiger partial charge < -0.3 is 15.5 Å². The van der Waals surface area contributed by atoms with Crippen LogP contribution in [-0.2, 0) is 0 Å². The van der Waals surface area contributed by atoms with E-state index in [4.69, 9.17) is 0 Å². The summed E-state index contributed by atoms with van der Waals surface area (Å²) < 4.78 is 0.479. The van der Waals surface area contributed by atoms with Crippen molar-refractivity contribution in [1.29, 1.82) is 0 Å². The van der Waals surface area contributed by atoms with E-state index >= 15 is 0 Å². The largest absolute Gasteiger partial charge is 0.374 e. The van der Waals surface area contributed by atoms with E-state index in [2.05, 4.69) is 31.5 Å². The molecule has 2 N–H and O–H groups in total. The molecule has 1 aliphatic heterocycles. The Bertz CT molecular complexity index is 1370. The summed E-state index contributed by atoms with van der Waals surface area (Å²) in [6, 6.07) is 10.1. The number of rotatable bonds is 6. The lowest BCUT2D eigenvalue weighted by Crippen LogP contribution is -2.49. The van der Waals surface area contributed by atoms with Gasteiger partial charge in [0, 0.05) is 53.5 Å². The number of carbonyl (C=O) groups excluding carboxylic acids is 2. The van der Waals surface area contributed by atoms with Crippen molar-refractivity contribution < 1.29 is 14.5 Å². The molecule has 2 amide bonds. The maximum absolute atomic E-state index is 13.5. The number of fused-ring (bicyclic) bond motifs is 1. The maximum atomic E-state index is 13.5. The van der Waals surface area contributed by atoms with Crippen molar-refractivity contribution in [3.05, 3.63) is 74.5 Å². The highest BCUT2D eigenvalue weighted by molar-refractivity contribution is 9.10. The van der Waals surface area contributed by atoms with Crippen molar-refractivity contribution in [2.24, 2.45) is 0 Å². The van der Waals surface area contributed by atoms with E-state index in [-0.39, 0.29) is 40.8 Å². The van der Waals surface area contributed by atoms with E-state index < -0.39 is 4.92 Å². The minimum atomic E-state index is -0.460. The quantitative estimate of drug-likeness (QED) is 0.286. The molecule has 2 heterocycles. The van der Waals surface area contributed by atoms with Crippen LogP contribution in [0.1, 0.15) is 65.7 Å². The van der Waals surface area contributed by atoms with Crippen molar-refractivity contribution in [2.75, 3.05) is 18.4 Å². The molecule has 1 saturated carbocycles. The van der Waals surface area contributed by atoms with Gasteiger partial charge in [-0.2, -0.15) is 0 Å². The van der Waals surface area contributed by atoms with Gasteiger partial charge in [-0.25, -0.2) is 0 Å². The Morgan fingerprint density at radius 1 is 0.974 bits per heavy atom. The molecule has 0 bridgehead atoms. The average Bonchev–Trinajstić information content (AvgIpc) is 2.94. The Kier molecular flexibility index (Phi) is 7.87. The van der Waals surface area contributed by atoms with Crippen LogP contribution in [0.3, 0.4) is 0 Å². The molecule has 1 saturated heterocycles. The van der Waals surface area contributed by atoms with Crippen molar-refractivity contribution in [2.45, 2.75) is 57.0 Å². The summed E-state index contributed by atoms with van der Waals surface area (Å²) in [6.07, 6.45) is 9.49. The second-order valence-electron chi connectivity index (χ2n) is 9.98. The summed E-state index contributed by atoms with van der Waals surface area (Å²) in [6.45, 7) is 1.28. The molecule has 3 aromatic rings. The SMILES string of the molecule is O=C(N[C@H]1CCCC[C@H]1Nc1c(C(=O)N2CCCCC2)cc(Br)cc1[N+](=O)[O-])c1cncc2ccccc12. The summed E-state index contributed by atoms with van der Waals surface area (Å²) in [5, 5.41) is 20.3. The first-order valence-electron chi connectivity index (χ1n) is 13.1. The highest BCUT2D eigenvalue weighted by atomic mass is 79.9. The van der Waals surface area contributed by atoms with Crippen LogP contribution in [-0.4, -0.2) is 51.8 Å². The van der Waals surface area contributed by atoms with Gasteiger partial charge in [0.05, 0.1) is 16.1 Å². The number of nitrogens with zero attached hydrogens (tertiary/aromatic N) is 3. The predicted octanol–water partition coefficient (Wildman–Crippen LogP) is 5.68. The van der Waals surface area contributed by atoms with Gasteiger partial charge in [-0.3, -0.25) is 24.7 Å². The topological polar surface area (TPSA) is 117 Å². The number of amides is 2. The van der Waals surface area contributed by atoms with Crippen LogP contribution in [0.15, 0.2) is 53.3 Å². The van der Waals surface area contributed by atoms with E-state index in [9.17, 15) is 19.7 Å². The van der Waals surface area contributed by atoms with Crippen LogP contribution in [0.2, 0.25) is 0 Å². The second-order valence-corrected chi connectivity index (χ2v) is 10.9. The van der Waals surface area contributed by atoms with Crippen molar-refractivity contribution in [1.82, 2.24) is 15.2 Å². The van der Waals surface area contributed by atoms with Crippen molar-refractivity contribution in [3.63, 3.8) is 0 Å². The Labute approximate surface area is 229 Å². The normalized spacial score (nSPS) is 19.7. The number of aromatic nitrogens is 1. The van der Waals surface area contributed by atoms with Crippen molar-refractivity contribution >= 4 is 49.9 Å². The first kappa shape index (κ1) is 26.1. The number of pyridine rings is 1. The van der Waals surface area contributed by atoms with E-state index in [1.165, 1.54) is 6.07 Å². The molecule has 2 atom stereocenters. The molecular formula is C28H30BrN5O4. The third-order valence-corrected chi connectivity index (χ3v) is 7.94. The van der Waals surface area contributed by atoms with E-state index in [0.717, 1.165) is 49.3 Å². The predicted molar refractivity (Wildman–Crippen MR) is 149 cm³/mol. The minimum absolute atomic E-state index is 0.159. The number of nitrogens with one attached hydrogen (secondary N) is 2. The third kappa shape index (κ3) is 5.50. The maximum Gasteiger partial charge on any atom is 0.294 e. The van der Waals surface area contributed by atoms with Gasteiger partial charge in [0.1, 0.15) is 5.69 Å². The summed E-state index contributed by atoms with van der Waals surface area (Å²) in [5.74, 6) is -0.447. The Morgan fingerprint density at radius 3 is 2.47 bits per heavy atom. The number of hydrogen-bond donors (Lipinski definition) is 2. The van der Waals surface area contributed by atoms with Crippen LogP contribution < -0.4 is 10.6 Å². The molecule has 9 nitrogen and oxygen atoms in total. The molecule has 0 spiro atoms. The highest BCUT2D eigenvalue weighted by Crippen LogP contribution is 2.36. The fraction of sp³-hybridized carbons (Fsp3) is 0.393. The number of anilines is 1. The van der Waals surface area contributed by atoms with E-state index in [1.54, 1.807) is 23.4 Å². The molecule has 0 unspecified atom stereocenters. The lowest BCUT2D eigenvalue weighted by atomic mass is 9.89. The molecular weight excluding hydrogens is 550 g/mol. The molecule has 1 aliphatic carbocycles. The van der Waals surface area contributed by atoms with Crippen LogP contribution in [0.25, 0.3) is 10.8 Å². The molecule has 2 aliphatic rings. The van der Waals surface area contributed by atoms with Gasteiger partial charge in [0.25, 0.3) is 17.5 Å². The van der Waals surface area contributed by atoms with Crippen LogP contribution in [0.4, 0.5) is 11.4 Å². The lowest BCUT2D eigenvalue weighted by molar-refractivity contribution is -0.384. The number of nitro benzene ring substituents is 1. The zero-order valence-electron chi connectivity index (χ0n) is 21.0. The fourth-order valence-electron chi connectivity index (χ4n) is 5.53. The molecule has 0 radical (unpaired) electrons. The summed E-state index contributed by atoms with van der Waals surface area (Å²) in [5.41, 5.74) is 0.824. The number of likely N-dealkylation sites (tertiary alicyclic amines) is 1. The number of carbonyl (C=O) groups is 2. The molecule has 38 heavy (non-hydrogen) atoms. The fourth-order valence-corrected chi connectivity index (χ4v) is 5.98. The van der Waals surface area contributed by atoms with Gasteiger partial charge in [-0.15, -0.1) is 0 Å². The Morgan fingerprint density at radius 2 is 1.71 bits per heavy atom. The molecule has 2 aromatic carbocycles. The zero-order valence-corrected chi connectivity index (χ0v) is 22.6. The lowest BCUT2D eigenvalue weighted by Gasteiger charge is -2.34. The smallest absolute Gasteiger partial charge is 0.294 e. The number of benzene rings is 2. The Hall–Kier alpha value is -3.53. The molecule has 5 rings (SSSR count). The number of nitro groups is 1. The van der Waals surface area contributed by atoms with Crippen LogP contribution in [0, 0.1) is 10.1 Å². The first-order chi connectivity index (χ1) is 18.4. The molecule has 2 fully saturated rings. The standard InChI is InChI=1S/C28H30BrN5O4/c29-19-14-21(28(36)33-12-6-1-7-13-33)26(25(15-19)34(37)38)31-23-10-4-5-11-24(23)32-27(35)22-17-30-16-18-8-2-3-9-20(18)22/h2-3,8-9,14-17,23-24,31H,1,4-7,10-13H2,(H,32,35)/t23-,24+/m1/s1. The van der Waals surface area contributed by atoms with Gasteiger partial charge in [-0.05, 0) is 43.6 Å². The third-order valence-electron chi connectivity index (χ3n) is 7.48. The highest BCUT2D eigenvalue weighted by Gasteiger charge is 2.33. The van der Waals surface area contributed by atoms with Crippen LogP contribution in [0.5, 0.6) is 0 Å². The van der Waals surface area contributed by atoms with E-state index in [1.807, 2.05) is 24.3 Å². The monoisotopic (exact) mass is 579 g/mol. The Balaban J connectivity index is 1.44. The van der Waals surface area contributed by atoms with Gasteiger partial charge >= 0.3 is 0 Å². The number of halogens is 1. The average molecular weight is 580 g/mol. The summed E-state index contributed by atoms with van der Waals surface area (Å²) in [7, 11) is 0. The van der Waals surface area contributed by atoms with Crippen LogP contribution >= 0.6 is 15.9 Å². The van der Waals surface area contributed by atoms with Gasteiger partial charge in [0.2, 0.25) is 0 Å². The van der Waals surface area contributed by atoms with E-state index in [0.29, 0.717) is 29.5 Å². The molecule has 1 aromatic heterocycles. The van der Waals surface area contributed by atoms with Gasteiger partial charge in [0.15, 0.2) is 0 Å². The van der Waals surface area contributed by atoms with Gasteiger partial charge in [-0.1, -0.05) is 53.0 Å². The zero-order chi connectivity index (χ0) is 26.6. The number of hydrogen-bond acceptors (Lipinski definition) is 6. The first-order valence-corrected chi connectivity index (χ1v) is 13.9. The second kappa shape index (κ2) is 11.5. The van der Waals surface area contributed by atoms with Crippen molar-refractivity contribution in [3.8, 4) is 0 Å². The summed E-state index contributed by atoms with van der Waals surface area (Å²) in [4.78, 5) is 44.5. The minimum Gasteiger partial charge on any atom is -0.374 e. The number of piperidine rings is 1.